The molecule has 0 aliphatic carbocycles. The fraction of sp³-hybridized carbons (Fsp3) is 0.348. The molecule has 3 aromatic rings. The van der Waals surface area contributed by atoms with Gasteiger partial charge in [0.15, 0.2) is 0 Å². The molecule has 162 valence electrons. The number of aromatic nitrogens is 2. The summed E-state index contributed by atoms with van der Waals surface area (Å²) in [6.07, 6.45) is 6.37. The van der Waals surface area contributed by atoms with Crippen molar-refractivity contribution in [3.63, 3.8) is 0 Å². The number of amides is 3. The van der Waals surface area contributed by atoms with Crippen LogP contribution in [0.3, 0.4) is 0 Å². The van der Waals surface area contributed by atoms with Crippen molar-refractivity contribution in [1.29, 1.82) is 0 Å². The lowest BCUT2D eigenvalue weighted by Gasteiger charge is -2.24. The lowest BCUT2D eigenvalue weighted by atomic mass is 9.98. The van der Waals surface area contributed by atoms with Crippen LogP contribution in [0.5, 0.6) is 0 Å². The van der Waals surface area contributed by atoms with E-state index in [9.17, 15) is 14.7 Å². The van der Waals surface area contributed by atoms with E-state index in [0.29, 0.717) is 25.3 Å². The predicted octanol–water partition coefficient (Wildman–Crippen LogP) is 2.74. The predicted molar refractivity (Wildman–Crippen MR) is 118 cm³/mol. The molecule has 0 radical (unpaired) electrons. The average molecular weight is 422 g/mol. The number of anilines is 1. The lowest BCUT2D eigenvalue weighted by Crippen LogP contribution is -2.43. The Morgan fingerprint density at radius 3 is 2.71 bits per heavy atom. The first-order valence-corrected chi connectivity index (χ1v) is 10.4. The van der Waals surface area contributed by atoms with Crippen LogP contribution >= 0.6 is 0 Å². The number of imidazole rings is 1. The van der Waals surface area contributed by atoms with E-state index >= 15 is 0 Å². The van der Waals surface area contributed by atoms with Gasteiger partial charge >= 0.3 is 6.03 Å². The largest absolute Gasteiger partial charge is 0.381 e. The summed E-state index contributed by atoms with van der Waals surface area (Å²) in [6.45, 7) is 4.67. The molecule has 0 saturated carbocycles. The minimum absolute atomic E-state index is 0.228. The molecular formula is C23H27N5O3. The van der Waals surface area contributed by atoms with Gasteiger partial charge < -0.3 is 25.0 Å². The molecule has 1 aliphatic rings. The molecule has 4 rings (SSSR count). The number of likely N-dealkylation sites (tertiary alicyclic amines) is 1. The summed E-state index contributed by atoms with van der Waals surface area (Å²) in [4.78, 5) is 30.4. The van der Waals surface area contributed by atoms with Gasteiger partial charge in [-0.25, -0.2) is 9.78 Å². The zero-order valence-electron chi connectivity index (χ0n) is 17.7. The molecule has 0 bridgehead atoms. The van der Waals surface area contributed by atoms with E-state index in [-0.39, 0.29) is 17.9 Å². The second kappa shape index (κ2) is 8.39. The Morgan fingerprint density at radius 1 is 1.19 bits per heavy atom. The summed E-state index contributed by atoms with van der Waals surface area (Å²) in [5, 5.41) is 15.6. The molecule has 1 aliphatic heterocycles. The van der Waals surface area contributed by atoms with Crippen molar-refractivity contribution >= 4 is 23.3 Å². The fourth-order valence-corrected chi connectivity index (χ4v) is 3.86. The summed E-state index contributed by atoms with van der Waals surface area (Å²) in [7, 11) is 0. The quantitative estimate of drug-likeness (QED) is 0.590. The molecule has 31 heavy (non-hydrogen) atoms. The number of aliphatic hydroxyl groups is 1. The molecule has 8 nitrogen and oxygen atoms in total. The van der Waals surface area contributed by atoms with Crippen LogP contribution in [0.15, 0.2) is 55.0 Å². The first kappa shape index (κ1) is 20.9. The second-order valence-corrected chi connectivity index (χ2v) is 8.45. The molecular weight excluding hydrogens is 394 g/mol. The molecule has 1 unspecified atom stereocenters. The first-order chi connectivity index (χ1) is 14.8. The van der Waals surface area contributed by atoms with Gasteiger partial charge in [0.1, 0.15) is 11.2 Å². The smallest absolute Gasteiger partial charge is 0.319 e. The second-order valence-electron chi connectivity index (χ2n) is 8.45. The van der Waals surface area contributed by atoms with Crippen molar-refractivity contribution in [2.45, 2.75) is 38.3 Å². The van der Waals surface area contributed by atoms with Crippen molar-refractivity contribution in [3.05, 3.63) is 66.1 Å². The van der Waals surface area contributed by atoms with Gasteiger partial charge in [-0.05, 0) is 55.7 Å². The number of carbonyl (C=O) groups excluding carboxylic acids is 2. The van der Waals surface area contributed by atoms with Crippen LogP contribution in [0.2, 0.25) is 0 Å². The van der Waals surface area contributed by atoms with Crippen molar-refractivity contribution in [1.82, 2.24) is 19.6 Å². The highest BCUT2D eigenvalue weighted by Gasteiger charge is 2.34. The monoisotopic (exact) mass is 421 g/mol. The number of hydrogen-bond acceptors (Lipinski definition) is 4. The van der Waals surface area contributed by atoms with E-state index in [4.69, 9.17) is 0 Å². The molecule has 2 aromatic heterocycles. The third kappa shape index (κ3) is 4.86. The van der Waals surface area contributed by atoms with Gasteiger partial charge in [0.05, 0.1) is 0 Å². The number of pyridine rings is 1. The minimum atomic E-state index is -1.35. The van der Waals surface area contributed by atoms with Crippen LogP contribution in [0.25, 0.3) is 5.65 Å². The number of nitrogens with zero attached hydrogens (tertiary/aromatic N) is 3. The minimum Gasteiger partial charge on any atom is -0.381 e. The van der Waals surface area contributed by atoms with Crippen LogP contribution in [-0.4, -0.2) is 50.0 Å². The van der Waals surface area contributed by atoms with Crippen LogP contribution in [-0.2, 0) is 11.3 Å². The molecule has 0 spiro atoms. The Labute approximate surface area is 180 Å². The molecule has 1 fully saturated rings. The number of fused-ring (bicyclic) bond motifs is 1. The highest BCUT2D eigenvalue weighted by molar-refractivity contribution is 5.89. The topological polar surface area (TPSA) is 99.0 Å². The van der Waals surface area contributed by atoms with Gasteiger partial charge in [-0.2, -0.15) is 0 Å². The van der Waals surface area contributed by atoms with Gasteiger partial charge in [-0.15, -0.1) is 0 Å². The molecule has 1 saturated heterocycles. The maximum atomic E-state index is 12.3. The van der Waals surface area contributed by atoms with Gasteiger partial charge in [-0.1, -0.05) is 12.1 Å². The third-order valence-corrected chi connectivity index (χ3v) is 5.55. The SMILES string of the molecule is CC(C)(O)C(=O)N1CCC(c2ccc(NC(=O)NCc3ccn4ccnc4c3)cc2)C1. The maximum Gasteiger partial charge on any atom is 0.319 e. The highest BCUT2D eigenvalue weighted by atomic mass is 16.3. The van der Waals surface area contributed by atoms with Gasteiger partial charge in [0.2, 0.25) is 0 Å². The van der Waals surface area contributed by atoms with Crippen molar-refractivity contribution in [3.8, 4) is 0 Å². The van der Waals surface area contributed by atoms with Gasteiger partial charge in [0, 0.05) is 49.8 Å². The molecule has 3 heterocycles. The number of urea groups is 1. The molecule has 1 atom stereocenters. The van der Waals surface area contributed by atoms with E-state index in [1.807, 2.05) is 53.2 Å². The average Bonchev–Trinajstić information content (AvgIpc) is 3.41. The Hall–Kier alpha value is -3.39. The van der Waals surface area contributed by atoms with E-state index in [2.05, 4.69) is 15.6 Å². The van der Waals surface area contributed by atoms with Crippen molar-refractivity contribution in [2.24, 2.45) is 0 Å². The summed E-state index contributed by atoms with van der Waals surface area (Å²) in [6, 6.07) is 11.3. The summed E-state index contributed by atoms with van der Waals surface area (Å²) >= 11 is 0. The van der Waals surface area contributed by atoms with E-state index in [1.165, 1.54) is 13.8 Å². The molecule has 1 aromatic carbocycles. The Kier molecular flexibility index (Phi) is 5.65. The fourth-order valence-electron chi connectivity index (χ4n) is 3.86. The first-order valence-electron chi connectivity index (χ1n) is 10.4. The highest BCUT2D eigenvalue weighted by Crippen LogP contribution is 2.29. The van der Waals surface area contributed by atoms with Crippen molar-refractivity contribution < 1.29 is 14.7 Å². The lowest BCUT2D eigenvalue weighted by molar-refractivity contribution is -0.146. The maximum absolute atomic E-state index is 12.3. The number of hydrogen-bond donors (Lipinski definition) is 3. The number of nitrogens with one attached hydrogen (secondary N) is 2. The molecule has 3 N–H and O–H groups in total. The molecule has 8 heteroatoms. The summed E-state index contributed by atoms with van der Waals surface area (Å²) in [5.41, 5.74) is 2.28. The normalized spacial score (nSPS) is 16.5. The Balaban J connectivity index is 1.29. The summed E-state index contributed by atoms with van der Waals surface area (Å²) in [5.74, 6) is -0.0105. The zero-order chi connectivity index (χ0) is 22.0. The third-order valence-electron chi connectivity index (χ3n) is 5.55. The Bertz CT molecular complexity index is 1080. The number of carbonyl (C=O) groups is 2. The van der Waals surface area contributed by atoms with Gasteiger partial charge in [0.25, 0.3) is 5.91 Å². The van der Waals surface area contributed by atoms with E-state index < -0.39 is 5.60 Å². The van der Waals surface area contributed by atoms with Crippen LogP contribution in [0, 0.1) is 0 Å². The number of rotatable bonds is 5. The Morgan fingerprint density at radius 2 is 1.97 bits per heavy atom. The standard InChI is InChI=1S/C23H27N5O3/c1-23(2,31)21(29)28-11-8-18(15-28)17-3-5-19(6-4-17)26-22(30)25-14-16-7-10-27-12-9-24-20(27)13-16/h3-7,9-10,12-13,18,31H,8,11,14-15H2,1-2H3,(H2,25,26,30). The van der Waals surface area contributed by atoms with Crippen LogP contribution in [0.1, 0.15) is 37.3 Å². The van der Waals surface area contributed by atoms with Crippen LogP contribution in [0.4, 0.5) is 10.5 Å². The summed E-state index contributed by atoms with van der Waals surface area (Å²) < 4.78 is 1.91. The number of benzene rings is 1. The molecule has 3 amide bonds. The van der Waals surface area contributed by atoms with E-state index in [0.717, 1.165) is 23.2 Å². The van der Waals surface area contributed by atoms with E-state index in [1.54, 1.807) is 11.1 Å². The van der Waals surface area contributed by atoms with Gasteiger partial charge in [-0.3, -0.25) is 4.79 Å². The van der Waals surface area contributed by atoms with Crippen LogP contribution < -0.4 is 10.6 Å². The van der Waals surface area contributed by atoms with Crippen molar-refractivity contribution in [2.75, 3.05) is 18.4 Å². The zero-order valence-corrected chi connectivity index (χ0v) is 17.7.